The largest absolute Gasteiger partial charge is 0.488 e. The Bertz CT molecular complexity index is 960. The molecule has 1 aliphatic rings. The van der Waals surface area contributed by atoms with Crippen molar-refractivity contribution in [2.24, 2.45) is 0 Å². The van der Waals surface area contributed by atoms with Gasteiger partial charge in [-0.3, -0.25) is 19.8 Å². The van der Waals surface area contributed by atoms with Crippen molar-refractivity contribution in [3.8, 4) is 5.75 Å². The molecule has 0 bridgehead atoms. The molecular weight excluding hydrogens is 408 g/mol. The van der Waals surface area contributed by atoms with Crippen LogP contribution in [0, 0.1) is 10.1 Å². The number of nitro groups is 1. The van der Waals surface area contributed by atoms with Crippen LogP contribution in [0.3, 0.4) is 0 Å². The minimum atomic E-state index is -0.495. The third-order valence-electron chi connectivity index (χ3n) is 3.78. The van der Waals surface area contributed by atoms with E-state index in [-0.39, 0.29) is 18.2 Å². The SMILES string of the molecule is CN1C(=O)/C(=C\c2cc([N+](=O)[O-])ccc2OCc2ccc(Cl)cc2)SC1=S. The fourth-order valence-corrected chi connectivity index (χ4v) is 3.62. The monoisotopic (exact) mass is 420 g/mol. The molecule has 1 fully saturated rings. The average Bonchev–Trinajstić information content (AvgIpc) is 2.88. The van der Waals surface area contributed by atoms with Gasteiger partial charge in [-0.05, 0) is 29.8 Å². The van der Waals surface area contributed by atoms with Crippen molar-refractivity contribution in [2.75, 3.05) is 7.05 Å². The maximum atomic E-state index is 12.2. The Morgan fingerprint density at radius 3 is 2.59 bits per heavy atom. The van der Waals surface area contributed by atoms with Crippen molar-refractivity contribution >= 4 is 57.6 Å². The minimum absolute atomic E-state index is 0.0907. The number of benzene rings is 2. The van der Waals surface area contributed by atoms with Gasteiger partial charge in [-0.2, -0.15) is 0 Å². The zero-order valence-corrected chi connectivity index (χ0v) is 16.4. The van der Waals surface area contributed by atoms with E-state index in [0.717, 1.165) is 17.3 Å². The van der Waals surface area contributed by atoms with E-state index in [2.05, 4.69) is 0 Å². The van der Waals surface area contributed by atoms with Gasteiger partial charge >= 0.3 is 0 Å². The van der Waals surface area contributed by atoms with E-state index in [9.17, 15) is 14.9 Å². The summed E-state index contributed by atoms with van der Waals surface area (Å²) in [7, 11) is 1.59. The van der Waals surface area contributed by atoms with Gasteiger partial charge in [0.2, 0.25) is 0 Å². The Morgan fingerprint density at radius 2 is 2.00 bits per heavy atom. The maximum Gasteiger partial charge on any atom is 0.270 e. The number of nitrogens with zero attached hydrogens (tertiary/aromatic N) is 2. The second kappa shape index (κ2) is 8.08. The summed E-state index contributed by atoms with van der Waals surface area (Å²) in [6.07, 6.45) is 1.56. The number of ether oxygens (including phenoxy) is 1. The summed E-state index contributed by atoms with van der Waals surface area (Å²) < 4.78 is 6.25. The lowest BCUT2D eigenvalue weighted by molar-refractivity contribution is -0.384. The zero-order chi connectivity index (χ0) is 19.6. The number of rotatable bonds is 5. The van der Waals surface area contributed by atoms with Crippen LogP contribution >= 0.6 is 35.6 Å². The molecule has 0 N–H and O–H groups in total. The predicted octanol–water partition coefficient (Wildman–Crippen LogP) is 4.66. The van der Waals surface area contributed by atoms with Crippen molar-refractivity contribution in [1.82, 2.24) is 4.90 Å². The number of hydrogen-bond acceptors (Lipinski definition) is 6. The van der Waals surface area contributed by atoms with E-state index >= 15 is 0 Å². The van der Waals surface area contributed by atoms with Crippen molar-refractivity contribution in [2.45, 2.75) is 6.61 Å². The summed E-state index contributed by atoms with van der Waals surface area (Å²) in [5.74, 6) is 0.178. The fourth-order valence-electron chi connectivity index (χ4n) is 2.32. The van der Waals surface area contributed by atoms with E-state index in [4.69, 9.17) is 28.6 Å². The highest BCUT2D eigenvalue weighted by Gasteiger charge is 2.29. The molecule has 2 aromatic rings. The van der Waals surface area contributed by atoms with E-state index < -0.39 is 4.92 Å². The average molecular weight is 421 g/mol. The Hall–Kier alpha value is -2.42. The third kappa shape index (κ3) is 4.47. The molecule has 1 saturated heterocycles. The van der Waals surface area contributed by atoms with Crippen molar-refractivity contribution < 1.29 is 14.5 Å². The summed E-state index contributed by atoms with van der Waals surface area (Å²) >= 11 is 12.1. The molecule has 1 amide bonds. The van der Waals surface area contributed by atoms with Gasteiger partial charge in [0.1, 0.15) is 16.7 Å². The molecule has 1 heterocycles. The van der Waals surface area contributed by atoms with Crippen molar-refractivity contribution in [3.63, 3.8) is 0 Å². The fraction of sp³-hybridized carbons (Fsp3) is 0.111. The quantitative estimate of drug-likeness (QED) is 0.303. The van der Waals surface area contributed by atoms with Gasteiger partial charge < -0.3 is 4.74 Å². The number of nitro benzene ring substituents is 1. The first-order chi connectivity index (χ1) is 12.8. The third-order valence-corrected chi connectivity index (χ3v) is 5.52. The van der Waals surface area contributed by atoms with Crippen LogP contribution in [0.15, 0.2) is 47.4 Å². The molecule has 27 heavy (non-hydrogen) atoms. The first kappa shape index (κ1) is 19.3. The predicted molar refractivity (Wildman–Crippen MR) is 110 cm³/mol. The molecule has 3 rings (SSSR count). The number of amides is 1. The molecule has 0 spiro atoms. The van der Waals surface area contributed by atoms with E-state index in [0.29, 0.717) is 25.6 Å². The molecule has 0 radical (unpaired) electrons. The number of carbonyl (C=O) groups is 1. The number of carbonyl (C=O) groups excluding carboxylic acids is 1. The molecule has 2 aromatic carbocycles. The van der Waals surface area contributed by atoms with Gasteiger partial charge in [0.25, 0.3) is 11.6 Å². The Morgan fingerprint density at radius 1 is 1.30 bits per heavy atom. The summed E-state index contributed by atoms with van der Waals surface area (Å²) in [6.45, 7) is 0.255. The summed E-state index contributed by atoms with van der Waals surface area (Å²) in [5, 5.41) is 11.7. The number of halogens is 1. The number of likely N-dealkylation sites (N-methyl/N-ethyl adjacent to an activating group) is 1. The van der Waals surface area contributed by atoms with Crippen LogP contribution in [-0.4, -0.2) is 27.1 Å². The molecule has 1 aliphatic heterocycles. The molecule has 0 atom stereocenters. The van der Waals surface area contributed by atoms with E-state index in [1.807, 2.05) is 12.1 Å². The molecule has 0 saturated carbocycles. The van der Waals surface area contributed by atoms with E-state index in [1.54, 1.807) is 25.3 Å². The number of hydrogen-bond donors (Lipinski definition) is 0. The van der Waals surface area contributed by atoms with Crippen LogP contribution in [-0.2, 0) is 11.4 Å². The number of thioether (sulfide) groups is 1. The van der Waals surface area contributed by atoms with Crippen molar-refractivity contribution in [3.05, 3.63) is 73.6 Å². The standard InChI is InChI=1S/C18H13ClN2O4S2/c1-20-17(22)16(27-18(20)26)9-12-8-14(21(23)24)6-7-15(12)25-10-11-2-4-13(19)5-3-11/h2-9H,10H2,1H3/b16-9+. The van der Waals surface area contributed by atoms with Crippen LogP contribution in [0.25, 0.3) is 6.08 Å². The first-order valence-electron chi connectivity index (χ1n) is 7.72. The normalized spacial score (nSPS) is 15.5. The van der Waals surface area contributed by atoms with E-state index in [1.165, 1.54) is 23.1 Å². The van der Waals surface area contributed by atoms with Crippen LogP contribution in [0.4, 0.5) is 5.69 Å². The highest BCUT2D eigenvalue weighted by molar-refractivity contribution is 8.26. The Kier molecular flexibility index (Phi) is 5.79. The molecular formula is C18H13ClN2O4S2. The second-order valence-electron chi connectivity index (χ2n) is 5.64. The lowest BCUT2D eigenvalue weighted by Gasteiger charge is -2.10. The van der Waals surface area contributed by atoms with Gasteiger partial charge in [0.05, 0.1) is 9.83 Å². The van der Waals surface area contributed by atoms with Gasteiger partial charge in [-0.1, -0.05) is 47.7 Å². The van der Waals surface area contributed by atoms with Gasteiger partial charge in [0, 0.05) is 29.8 Å². The van der Waals surface area contributed by atoms with Gasteiger partial charge in [-0.15, -0.1) is 0 Å². The highest BCUT2D eigenvalue weighted by Crippen LogP contribution is 2.34. The number of non-ortho nitro benzene ring substituents is 1. The zero-order valence-electron chi connectivity index (χ0n) is 14.0. The second-order valence-corrected chi connectivity index (χ2v) is 7.75. The Balaban J connectivity index is 1.91. The molecule has 0 aliphatic carbocycles. The molecule has 138 valence electrons. The number of thiocarbonyl (C=S) groups is 1. The molecule has 9 heteroatoms. The van der Waals surface area contributed by atoms with Crippen LogP contribution < -0.4 is 4.74 Å². The highest BCUT2D eigenvalue weighted by atomic mass is 35.5. The lowest BCUT2D eigenvalue weighted by Crippen LogP contribution is -2.22. The first-order valence-corrected chi connectivity index (χ1v) is 9.32. The topological polar surface area (TPSA) is 72.7 Å². The van der Waals surface area contributed by atoms with Crippen molar-refractivity contribution in [1.29, 1.82) is 0 Å². The Labute approximate surface area is 169 Å². The van der Waals surface area contributed by atoms with Crippen LogP contribution in [0.2, 0.25) is 5.02 Å². The smallest absolute Gasteiger partial charge is 0.270 e. The molecule has 0 aromatic heterocycles. The van der Waals surface area contributed by atoms with Crippen LogP contribution in [0.5, 0.6) is 5.75 Å². The van der Waals surface area contributed by atoms with Crippen LogP contribution in [0.1, 0.15) is 11.1 Å². The summed E-state index contributed by atoms with van der Waals surface area (Å²) in [4.78, 5) is 24.6. The van der Waals surface area contributed by atoms with Gasteiger partial charge in [-0.25, -0.2) is 0 Å². The lowest BCUT2D eigenvalue weighted by atomic mass is 10.1. The summed E-state index contributed by atoms with van der Waals surface area (Å²) in [6, 6.07) is 11.4. The summed E-state index contributed by atoms with van der Waals surface area (Å²) in [5.41, 5.74) is 1.24. The minimum Gasteiger partial charge on any atom is -0.488 e. The van der Waals surface area contributed by atoms with Gasteiger partial charge in [0.15, 0.2) is 0 Å². The molecule has 6 nitrogen and oxygen atoms in total. The molecule has 0 unspecified atom stereocenters. The maximum absolute atomic E-state index is 12.2.